The fraction of sp³-hybridized carbons (Fsp3) is 0.342. The van der Waals surface area contributed by atoms with Crippen LogP contribution in [0.1, 0.15) is 41.5 Å². The summed E-state index contributed by atoms with van der Waals surface area (Å²) in [4.78, 5) is 46.0. The van der Waals surface area contributed by atoms with Gasteiger partial charge >= 0.3 is 5.97 Å². The van der Waals surface area contributed by atoms with Crippen LogP contribution >= 0.6 is 0 Å². The van der Waals surface area contributed by atoms with E-state index >= 15 is 0 Å². The van der Waals surface area contributed by atoms with E-state index < -0.39 is 12.0 Å². The fourth-order valence-corrected chi connectivity index (χ4v) is 6.67. The summed E-state index contributed by atoms with van der Waals surface area (Å²) in [6.07, 6.45) is 8.20. The average molecular weight is 620 g/mol. The largest absolute Gasteiger partial charge is 0.463 e. The number of carbonyl (C=O) groups excluding carboxylic acids is 3. The highest BCUT2D eigenvalue weighted by atomic mass is 16.5. The second kappa shape index (κ2) is 14.6. The van der Waals surface area contributed by atoms with Gasteiger partial charge in [0, 0.05) is 30.1 Å². The third-order valence-corrected chi connectivity index (χ3v) is 9.26. The van der Waals surface area contributed by atoms with Gasteiger partial charge in [-0.25, -0.2) is 0 Å². The summed E-state index contributed by atoms with van der Waals surface area (Å²) >= 11 is 0. The molecule has 0 fully saturated rings. The predicted molar refractivity (Wildman–Crippen MR) is 177 cm³/mol. The number of rotatable bonds is 7. The minimum atomic E-state index is -0.617. The number of benzene rings is 3. The Morgan fingerprint density at radius 1 is 0.870 bits per heavy atom. The van der Waals surface area contributed by atoms with E-state index in [1.165, 1.54) is 0 Å². The molecule has 0 spiro atoms. The van der Waals surface area contributed by atoms with Gasteiger partial charge < -0.3 is 25.0 Å². The molecule has 6 rings (SSSR count). The summed E-state index contributed by atoms with van der Waals surface area (Å²) in [6.45, 7) is 0.289. The number of amides is 2. The van der Waals surface area contributed by atoms with E-state index in [0.717, 1.165) is 33.2 Å². The number of hydrogen-bond acceptors (Lipinski definition) is 5. The summed E-state index contributed by atoms with van der Waals surface area (Å²) in [5.41, 5.74) is 5.26. The summed E-state index contributed by atoms with van der Waals surface area (Å²) in [6, 6.07) is 25.0. The number of fused-ring (bicyclic) bond motifs is 2. The van der Waals surface area contributed by atoms with Gasteiger partial charge in [-0.05, 0) is 60.4 Å². The standard InChI is InChI=1S/C38H41N3O5/c42-24-33-20-27-12-4-7-15-30(27)23-41(33)36(43)21-28-13-5-6-14-29(18-26-10-2-1-3-11-26)38(45)46-25-32(40-37(28)44)19-31-22-39-35-17-9-8-16-34(31)35/h1-12,15-17,22,28-29,32-33,39,42H,13-14,18-21,23-25H2,(H,40,44)/t28-,29-,32+,33+/m1/s1. The molecule has 0 bridgehead atoms. The number of aromatic nitrogens is 1. The van der Waals surface area contributed by atoms with E-state index in [-0.39, 0.29) is 49.4 Å². The second-order valence-electron chi connectivity index (χ2n) is 12.5. The molecule has 46 heavy (non-hydrogen) atoms. The van der Waals surface area contributed by atoms with Gasteiger partial charge in [-0.3, -0.25) is 14.4 Å². The van der Waals surface area contributed by atoms with Gasteiger partial charge in [0.2, 0.25) is 11.8 Å². The Labute approximate surface area is 269 Å². The summed E-state index contributed by atoms with van der Waals surface area (Å²) < 4.78 is 5.89. The minimum Gasteiger partial charge on any atom is -0.463 e. The maximum absolute atomic E-state index is 13.9. The molecule has 0 radical (unpaired) electrons. The van der Waals surface area contributed by atoms with Gasteiger partial charge in [0.25, 0.3) is 0 Å². The van der Waals surface area contributed by atoms with E-state index in [2.05, 4.69) is 10.3 Å². The molecule has 2 aliphatic rings. The number of para-hydroxylation sites is 1. The first-order valence-electron chi connectivity index (χ1n) is 16.2. The van der Waals surface area contributed by atoms with Crippen molar-refractivity contribution in [3.05, 3.63) is 119 Å². The quantitative estimate of drug-likeness (QED) is 0.201. The van der Waals surface area contributed by atoms with Crippen LogP contribution in [0.15, 0.2) is 97.2 Å². The molecule has 8 heteroatoms. The normalized spacial score (nSPS) is 22.3. The first-order chi connectivity index (χ1) is 22.5. The zero-order valence-corrected chi connectivity index (χ0v) is 25.9. The van der Waals surface area contributed by atoms with Crippen molar-refractivity contribution < 1.29 is 24.2 Å². The number of H-pyrrole nitrogens is 1. The van der Waals surface area contributed by atoms with Crippen molar-refractivity contribution in [1.82, 2.24) is 15.2 Å². The first kappa shape index (κ1) is 31.3. The number of carbonyl (C=O) groups is 3. The molecule has 238 valence electrons. The number of esters is 1. The Morgan fingerprint density at radius 3 is 2.39 bits per heavy atom. The number of aromatic amines is 1. The lowest BCUT2D eigenvalue weighted by Crippen LogP contribution is -2.48. The average Bonchev–Trinajstić information content (AvgIpc) is 3.49. The van der Waals surface area contributed by atoms with E-state index in [1.54, 1.807) is 4.90 Å². The number of cyclic esters (lactones) is 1. The molecule has 0 unspecified atom stereocenters. The van der Waals surface area contributed by atoms with E-state index in [0.29, 0.717) is 38.6 Å². The second-order valence-corrected chi connectivity index (χ2v) is 12.5. The monoisotopic (exact) mass is 619 g/mol. The van der Waals surface area contributed by atoms with Gasteiger partial charge in [-0.15, -0.1) is 0 Å². The third kappa shape index (κ3) is 7.40. The molecule has 3 N–H and O–H groups in total. The van der Waals surface area contributed by atoms with Crippen LogP contribution in [0.4, 0.5) is 0 Å². The molecule has 8 nitrogen and oxygen atoms in total. The Hall–Kier alpha value is -4.69. The van der Waals surface area contributed by atoms with Crippen molar-refractivity contribution >= 4 is 28.7 Å². The maximum Gasteiger partial charge on any atom is 0.309 e. The van der Waals surface area contributed by atoms with Crippen LogP contribution < -0.4 is 5.32 Å². The number of aliphatic hydroxyl groups is 1. The van der Waals surface area contributed by atoms with Crippen molar-refractivity contribution in [3.63, 3.8) is 0 Å². The van der Waals surface area contributed by atoms with Gasteiger partial charge in [0.15, 0.2) is 0 Å². The van der Waals surface area contributed by atoms with Crippen LogP contribution in [0, 0.1) is 11.8 Å². The van der Waals surface area contributed by atoms with E-state index in [1.807, 2.05) is 97.2 Å². The molecule has 0 aliphatic carbocycles. The fourth-order valence-electron chi connectivity index (χ4n) is 6.67. The zero-order chi connectivity index (χ0) is 31.9. The summed E-state index contributed by atoms with van der Waals surface area (Å²) in [5.74, 6) is -1.69. The third-order valence-electron chi connectivity index (χ3n) is 9.26. The minimum absolute atomic E-state index is 0.0158. The number of hydrogen-bond donors (Lipinski definition) is 3. The zero-order valence-electron chi connectivity index (χ0n) is 25.9. The Balaban J connectivity index is 1.24. The lowest BCUT2D eigenvalue weighted by Gasteiger charge is -2.36. The highest BCUT2D eigenvalue weighted by Crippen LogP contribution is 2.26. The highest BCUT2D eigenvalue weighted by Gasteiger charge is 2.33. The Morgan fingerprint density at radius 2 is 1.59 bits per heavy atom. The molecular formula is C38H41N3O5. The topological polar surface area (TPSA) is 112 Å². The summed E-state index contributed by atoms with van der Waals surface area (Å²) in [5, 5.41) is 14.3. The molecular weight excluding hydrogens is 578 g/mol. The van der Waals surface area contributed by atoms with E-state index in [9.17, 15) is 19.5 Å². The van der Waals surface area contributed by atoms with Crippen LogP contribution in [-0.4, -0.2) is 58.1 Å². The Kier molecular flexibility index (Phi) is 9.94. The maximum atomic E-state index is 13.9. The smallest absolute Gasteiger partial charge is 0.309 e. The van der Waals surface area contributed by atoms with Crippen LogP contribution in [0.25, 0.3) is 10.9 Å². The van der Waals surface area contributed by atoms with Crippen LogP contribution in [0.5, 0.6) is 0 Å². The first-order valence-corrected chi connectivity index (χ1v) is 16.2. The van der Waals surface area contributed by atoms with Crippen molar-refractivity contribution in [1.29, 1.82) is 0 Å². The Bertz CT molecular complexity index is 1700. The molecule has 0 saturated heterocycles. The lowest BCUT2D eigenvalue weighted by atomic mass is 9.91. The molecule has 1 aromatic heterocycles. The van der Waals surface area contributed by atoms with Gasteiger partial charge in [-0.2, -0.15) is 0 Å². The molecule has 3 aromatic carbocycles. The SMILES string of the molecule is O=C1N[C@@H](Cc2c[nH]c3ccccc23)COC(=O)[C@@H](Cc2ccccc2)CC=CC[C@@H]1CC(=O)N1Cc2ccccc2C[C@H]1CO. The van der Waals surface area contributed by atoms with Crippen molar-refractivity contribution in [3.8, 4) is 0 Å². The molecule has 4 aromatic rings. The molecule has 2 amide bonds. The molecule has 4 atom stereocenters. The number of allylic oxidation sites excluding steroid dienone is 2. The molecule has 3 heterocycles. The van der Waals surface area contributed by atoms with E-state index in [4.69, 9.17) is 4.74 Å². The van der Waals surface area contributed by atoms with Gasteiger partial charge in [0.1, 0.15) is 6.61 Å². The number of aliphatic hydroxyl groups excluding tert-OH is 1. The highest BCUT2D eigenvalue weighted by molar-refractivity contribution is 5.87. The summed E-state index contributed by atoms with van der Waals surface area (Å²) in [7, 11) is 0. The van der Waals surface area contributed by atoms with Gasteiger partial charge in [-0.1, -0.05) is 84.9 Å². The van der Waals surface area contributed by atoms with Crippen LogP contribution in [0.2, 0.25) is 0 Å². The molecule has 2 aliphatic heterocycles. The lowest BCUT2D eigenvalue weighted by molar-refractivity contribution is -0.150. The van der Waals surface area contributed by atoms with Crippen molar-refractivity contribution in [2.24, 2.45) is 11.8 Å². The molecule has 0 saturated carbocycles. The predicted octanol–water partition coefficient (Wildman–Crippen LogP) is 4.90. The van der Waals surface area contributed by atoms with Crippen LogP contribution in [0.3, 0.4) is 0 Å². The number of ether oxygens (including phenoxy) is 1. The van der Waals surface area contributed by atoms with Gasteiger partial charge in [0.05, 0.1) is 30.5 Å². The van der Waals surface area contributed by atoms with Crippen molar-refractivity contribution in [2.45, 2.75) is 57.2 Å². The number of nitrogens with one attached hydrogen (secondary N) is 2. The number of nitrogens with zero attached hydrogens (tertiary/aromatic N) is 1. The van der Waals surface area contributed by atoms with Crippen molar-refractivity contribution in [2.75, 3.05) is 13.2 Å². The van der Waals surface area contributed by atoms with Crippen LogP contribution in [-0.2, 0) is 44.9 Å².